The average molecular weight is 357 g/mol. The molecule has 4 N–H and O–H groups in total. The Kier molecular flexibility index (Phi) is 5.16. The molecule has 136 valence electrons. The highest BCUT2D eigenvalue weighted by molar-refractivity contribution is 5.84. The SMILES string of the molecule is O=C(CNC(=O)N1CCc2ccccc2C1)NCc1c[nH]c(=O)[nH]c1=O. The summed E-state index contributed by atoms with van der Waals surface area (Å²) in [6, 6.07) is 7.65. The van der Waals surface area contributed by atoms with Gasteiger partial charge in [-0.1, -0.05) is 24.3 Å². The number of hydrogen-bond donors (Lipinski definition) is 4. The molecule has 26 heavy (non-hydrogen) atoms. The molecular weight excluding hydrogens is 338 g/mol. The van der Waals surface area contributed by atoms with Crippen molar-refractivity contribution in [3.63, 3.8) is 0 Å². The summed E-state index contributed by atoms with van der Waals surface area (Å²) in [6.07, 6.45) is 2.02. The van der Waals surface area contributed by atoms with Crippen LogP contribution in [0.2, 0.25) is 0 Å². The van der Waals surface area contributed by atoms with E-state index in [9.17, 15) is 19.2 Å². The normalized spacial score (nSPS) is 13.0. The van der Waals surface area contributed by atoms with E-state index in [1.165, 1.54) is 11.8 Å². The molecule has 2 aromatic rings. The monoisotopic (exact) mass is 357 g/mol. The Morgan fingerprint density at radius 1 is 1.12 bits per heavy atom. The van der Waals surface area contributed by atoms with Crippen molar-refractivity contribution in [2.24, 2.45) is 0 Å². The van der Waals surface area contributed by atoms with Crippen LogP contribution < -0.4 is 21.9 Å². The molecular formula is C17H19N5O4. The predicted octanol–water partition coefficient (Wildman–Crippen LogP) is -0.553. The molecule has 1 aromatic carbocycles. The first-order valence-corrected chi connectivity index (χ1v) is 8.20. The van der Waals surface area contributed by atoms with Crippen LogP contribution in [0.4, 0.5) is 4.79 Å². The van der Waals surface area contributed by atoms with Crippen LogP contribution in [0.1, 0.15) is 16.7 Å². The standard InChI is InChI=1S/C17H19N5O4/c23-14(18-7-13-8-19-16(25)21-15(13)24)9-20-17(26)22-6-5-11-3-1-2-4-12(11)10-22/h1-4,8H,5-7,9-10H2,(H,18,23)(H,20,26)(H2,19,21,24,25). The number of carbonyl (C=O) groups is 2. The zero-order valence-electron chi connectivity index (χ0n) is 14.0. The second-order valence-electron chi connectivity index (χ2n) is 5.97. The molecule has 0 saturated carbocycles. The second-order valence-corrected chi connectivity index (χ2v) is 5.97. The molecule has 0 radical (unpaired) electrons. The number of hydrogen-bond acceptors (Lipinski definition) is 4. The van der Waals surface area contributed by atoms with Gasteiger partial charge in [-0.25, -0.2) is 9.59 Å². The van der Waals surface area contributed by atoms with Gasteiger partial charge in [-0.2, -0.15) is 0 Å². The fourth-order valence-corrected chi connectivity index (χ4v) is 2.76. The van der Waals surface area contributed by atoms with E-state index in [1.54, 1.807) is 4.90 Å². The maximum Gasteiger partial charge on any atom is 0.325 e. The average Bonchev–Trinajstić information content (AvgIpc) is 2.65. The lowest BCUT2D eigenvalue weighted by Crippen LogP contribution is -2.46. The van der Waals surface area contributed by atoms with Gasteiger partial charge < -0.3 is 20.5 Å². The summed E-state index contributed by atoms with van der Waals surface area (Å²) in [6.45, 7) is 0.865. The smallest absolute Gasteiger partial charge is 0.325 e. The van der Waals surface area contributed by atoms with Crippen molar-refractivity contribution in [3.8, 4) is 0 Å². The van der Waals surface area contributed by atoms with Crippen molar-refractivity contribution in [2.45, 2.75) is 19.5 Å². The molecule has 0 atom stereocenters. The fraction of sp³-hybridized carbons (Fsp3) is 0.294. The number of nitrogens with zero attached hydrogens (tertiary/aromatic N) is 1. The van der Waals surface area contributed by atoms with Crippen LogP contribution >= 0.6 is 0 Å². The van der Waals surface area contributed by atoms with E-state index in [1.807, 2.05) is 18.2 Å². The van der Waals surface area contributed by atoms with E-state index < -0.39 is 17.2 Å². The van der Waals surface area contributed by atoms with Gasteiger partial charge in [0, 0.05) is 25.8 Å². The van der Waals surface area contributed by atoms with Crippen molar-refractivity contribution in [3.05, 3.63) is 68.0 Å². The highest BCUT2D eigenvalue weighted by Gasteiger charge is 2.20. The summed E-state index contributed by atoms with van der Waals surface area (Å²) >= 11 is 0. The maximum atomic E-state index is 12.2. The Morgan fingerprint density at radius 3 is 2.65 bits per heavy atom. The number of aromatic nitrogens is 2. The van der Waals surface area contributed by atoms with Gasteiger partial charge in [0.05, 0.1) is 12.1 Å². The lowest BCUT2D eigenvalue weighted by atomic mass is 10.0. The van der Waals surface area contributed by atoms with Crippen LogP contribution in [0.5, 0.6) is 0 Å². The second kappa shape index (κ2) is 7.68. The van der Waals surface area contributed by atoms with Crippen molar-refractivity contribution in [1.29, 1.82) is 0 Å². The summed E-state index contributed by atoms with van der Waals surface area (Å²) in [5.41, 5.74) is 1.39. The largest absolute Gasteiger partial charge is 0.350 e. The van der Waals surface area contributed by atoms with Gasteiger partial charge in [0.2, 0.25) is 5.91 Å². The van der Waals surface area contributed by atoms with E-state index >= 15 is 0 Å². The van der Waals surface area contributed by atoms with Crippen LogP contribution in [0.15, 0.2) is 40.1 Å². The molecule has 1 aliphatic heterocycles. The molecule has 0 unspecified atom stereocenters. The molecule has 9 heteroatoms. The molecule has 3 amide bonds. The Labute approximate surface area is 148 Å². The Balaban J connectivity index is 1.46. The first kappa shape index (κ1) is 17.5. The number of aromatic amines is 2. The van der Waals surface area contributed by atoms with Crippen molar-refractivity contribution >= 4 is 11.9 Å². The van der Waals surface area contributed by atoms with Crippen LogP contribution in [-0.2, 0) is 24.3 Å². The van der Waals surface area contributed by atoms with Crippen LogP contribution in [0, 0.1) is 0 Å². The van der Waals surface area contributed by atoms with Crippen molar-refractivity contribution < 1.29 is 9.59 Å². The van der Waals surface area contributed by atoms with Gasteiger partial charge in [0.15, 0.2) is 0 Å². The molecule has 0 spiro atoms. The molecule has 1 aliphatic rings. The van der Waals surface area contributed by atoms with Gasteiger partial charge in [-0.15, -0.1) is 0 Å². The summed E-state index contributed by atoms with van der Waals surface area (Å²) in [5, 5.41) is 5.09. The summed E-state index contributed by atoms with van der Waals surface area (Å²) in [7, 11) is 0. The zero-order valence-corrected chi connectivity index (χ0v) is 14.0. The van der Waals surface area contributed by atoms with Gasteiger partial charge >= 0.3 is 11.7 Å². The number of fused-ring (bicyclic) bond motifs is 1. The molecule has 3 rings (SSSR count). The first-order valence-electron chi connectivity index (χ1n) is 8.20. The summed E-state index contributed by atoms with van der Waals surface area (Å²) < 4.78 is 0. The summed E-state index contributed by atoms with van der Waals surface area (Å²) in [4.78, 5) is 52.6. The first-order chi connectivity index (χ1) is 12.5. The van der Waals surface area contributed by atoms with Crippen LogP contribution in [0.25, 0.3) is 0 Å². The van der Waals surface area contributed by atoms with Crippen LogP contribution in [-0.4, -0.2) is 39.9 Å². The molecule has 0 fully saturated rings. The van der Waals surface area contributed by atoms with E-state index in [0.717, 1.165) is 12.0 Å². The van der Waals surface area contributed by atoms with Crippen molar-refractivity contribution in [2.75, 3.05) is 13.1 Å². The zero-order chi connectivity index (χ0) is 18.5. The number of nitrogens with one attached hydrogen (secondary N) is 4. The third-order valence-electron chi connectivity index (χ3n) is 4.19. The minimum Gasteiger partial charge on any atom is -0.350 e. The minimum atomic E-state index is -0.611. The lowest BCUT2D eigenvalue weighted by molar-refractivity contribution is -0.120. The van der Waals surface area contributed by atoms with E-state index in [0.29, 0.717) is 13.1 Å². The third-order valence-corrected chi connectivity index (χ3v) is 4.19. The lowest BCUT2D eigenvalue weighted by Gasteiger charge is -2.28. The van der Waals surface area contributed by atoms with Gasteiger partial charge in [-0.3, -0.25) is 14.6 Å². The molecule has 0 saturated heterocycles. The highest BCUT2D eigenvalue weighted by Crippen LogP contribution is 2.18. The van der Waals surface area contributed by atoms with E-state index in [-0.39, 0.29) is 24.7 Å². The Bertz CT molecular complexity index is 933. The number of amides is 3. The Hall–Kier alpha value is -3.36. The maximum absolute atomic E-state index is 12.2. The minimum absolute atomic E-state index is 0.0437. The molecule has 0 bridgehead atoms. The topological polar surface area (TPSA) is 127 Å². The highest BCUT2D eigenvalue weighted by atomic mass is 16.2. The number of urea groups is 1. The Morgan fingerprint density at radius 2 is 1.88 bits per heavy atom. The third kappa shape index (κ3) is 4.18. The van der Waals surface area contributed by atoms with E-state index in [4.69, 9.17) is 0 Å². The van der Waals surface area contributed by atoms with E-state index in [2.05, 4.69) is 26.7 Å². The van der Waals surface area contributed by atoms with Crippen molar-refractivity contribution in [1.82, 2.24) is 25.5 Å². The summed E-state index contributed by atoms with van der Waals surface area (Å²) in [5.74, 6) is -0.429. The number of carbonyl (C=O) groups excluding carboxylic acids is 2. The van der Waals surface area contributed by atoms with Gasteiger partial charge in [0.1, 0.15) is 0 Å². The van der Waals surface area contributed by atoms with Gasteiger partial charge in [-0.05, 0) is 17.5 Å². The van der Waals surface area contributed by atoms with Crippen LogP contribution in [0.3, 0.4) is 0 Å². The molecule has 2 heterocycles. The quantitative estimate of drug-likeness (QED) is 0.585. The predicted molar refractivity (Wildman–Crippen MR) is 93.5 cm³/mol. The number of benzene rings is 1. The fourth-order valence-electron chi connectivity index (χ4n) is 2.76. The molecule has 0 aliphatic carbocycles. The molecule has 1 aromatic heterocycles. The number of rotatable bonds is 4. The molecule has 9 nitrogen and oxygen atoms in total. The van der Waals surface area contributed by atoms with Gasteiger partial charge in [0.25, 0.3) is 5.56 Å². The number of H-pyrrole nitrogens is 2.